The lowest BCUT2D eigenvalue weighted by atomic mass is 9.90. The van der Waals surface area contributed by atoms with Gasteiger partial charge in [0.15, 0.2) is 5.82 Å². The van der Waals surface area contributed by atoms with E-state index in [1.807, 2.05) is 20.8 Å². The average molecular weight is 807 g/mol. The van der Waals surface area contributed by atoms with Crippen LogP contribution in [0, 0.1) is 23.0 Å². The number of carbonyl (C=O) groups excluding carboxylic acids is 2. The van der Waals surface area contributed by atoms with Gasteiger partial charge in [-0.1, -0.05) is 0 Å². The first-order chi connectivity index (χ1) is 27.1. The fourth-order valence-corrected chi connectivity index (χ4v) is 9.08. The number of amides is 2. The number of thiophene rings is 1. The molecule has 2 unspecified atom stereocenters. The van der Waals surface area contributed by atoms with Crippen LogP contribution in [-0.4, -0.2) is 96.0 Å². The maximum atomic E-state index is 17.7. The second-order valence-corrected chi connectivity index (χ2v) is 17.6. The summed E-state index contributed by atoms with van der Waals surface area (Å²) in [7, 11) is 0. The van der Waals surface area contributed by atoms with Crippen molar-refractivity contribution in [2.75, 3.05) is 49.7 Å². The summed E-state index contributed by atoms with van der Waals surface area (Å²) in [6.45, 7) is 12.5. The first kappa shape index (κ1) is 39.0. The maximum absolute atomic E-state index is 17.7. The molecule has 1 N–H and O–H groups in total. The zero-order valence-electron chi connectivity index (χ0n) is 32.6. The van der Waals surface area contributed by atoms with Crippen LogP contribution in [0.5, 0.6) is 6.01 Å². The van der Waals surface area contributed by atoms with E-state index >= 15 is 8.78 Å². The minimum atomic E-state index is -0.845. The smallest absolute Gasteiger partial charge is 0.412 e. The molecule has 2 aromatic heterocycles. The molecule has 0 saturated carbocycles. The van der Waals surface area contributed by atoms with E-state index in [0.717, 1.165) is 24.2 Å². The lowest BCUT2D eigenvalue weighted by molar-refractivity contribution is -0.102. The largest absolute Gasteiger partial charge is 0.461 e. The predicted octanol–water partition coefficient (Wildman–Crippen LogP) is 7.42. The lowest BCUT2D eigenvalue weighted by Crippen LogP contribution is -2.56. The molecule has 2 aromatic carbocycles. The summed E-state index contributed by atoms with van der Waals surface area (Å²) < 4.78 is 69.1. The van der Waals surface area contributed by atoms with Crippen molar-refractivity contribution in [1.29, 1.82) is 5.26 Å². The fraction of sp³-hybridized carbons (Fsp3) is 0.525. The van der Waals surface area contributed by atoms with Gasteiger partial charge in [-0.15, -0.1) is 11.3 Å². The second-order valence-electron chi connectivity index (χ2n) is 16.6. The van der Waals surface area contributed by atoms with Gasteiger partial charge in [0.1, 0.15) is 52.1 Å². The Kier molecular flexibility index (Phi) is 10.1. The number of hydrogen-bond donors (Lipinski definition) is 1. The van der Waals surface area contributed by atoms with Crippen LogP contribution < -0.4 is 15.0 Å². The highest BCUT2D eigenvalue weighted by atomic mass is 32.1. The number of nitrogens with one attached hydrogen (secondary N) is 1. The number of likely N-dealkylation sites (tertiary alicyclic amines) is 1. The molecule has 2 bridgehead atoms. The third-order valence-corrected chi connectivity index (χ3v) is 11.3. The summed E-state index contributed by atoms with van der Waals surface area (Å²) in [5, 5.41) is 13.7. The minimum Gasteiger partial charge on any atom is -0.461 e. The van der Waals surface area contributed by atoms with Crippen LogP contribution in [0.25, 0.3) is 32.1 Å². The van der Waals surface area contributed by atoms with Gasteiger partial charge < -0.3 is 38.2 Å². The summed E-state index contributed by atoms with van der Waals surface area (Å²) in [5.41, 5.74) is -0.903. The first-order valence-corrected chi connectivity index (χ1v) is 19.8. The Morgan fingerprint density at radius 1 is 0.965 bits per heavy atom. The van der Waals surface area contributed by atoms with Crippen molar-refractivity contribution in [3.63, 3.8) is 0 Å². The molecule has 4 aliphatic heterocycles. The molecule has 14 nitrogen and oxygen atoms in total. The number of hydrogen-bond acceptors (Lipinski definition) is 13. The van der Waals surface area contributed by atoms with Crippen molar-refractivity contribution in [1.82, 2.24) is 14.9 Å². The Labute approximate surface area is 331 Å². The number of piperazine rings is 1. The minimum absolute atomic E-state index is 0.0363. The number of nitriles is 1. The van der Waals surface area contributed by atoms with Gasteiger partial charge in [0.25, 0.3) is 0 Å². The predicted molar refractivity (Wildman–Crippen MR) is 206 cm³/mol. The number of aromatic nitrogens is 2. The van der Waals surface area contributed by atoms with Crippen LogP contribution in [-0.2, 0) is 36.9 Å². The summed E-state index contributed by atoms with van der Waals surface area (Å²) in [5.74, 6) is -1.19. The molecule has 3 fully saturated rings. The molecule has 3 saturated heterocycles. The van der Waals surface area contributed by atoms with Gasteiger partial charge >= 0.3 is 18.2 Å². The quantitative estimate of drug-likeness (QED) is 0.206. The highest BCUT2D eigenvalue weighted by molar-refractivity contribution is 7.23. The maximum Gasteiger partial charge on any atom is 0.412 e. The van der Waals surface area contributed by atoms with Crippen LogP contribution in [0.4, 0.5) is 29.2 Å². The van der Waals surface area contributed by atoms with E-state index in [9.17, 15) is 14.9 Å². The molecule has 57 heavy (non-hydrogen) atoms. The third-order valence-electron chi connectivity index (χ3n) is 10.2. The monoisotopic (exact) mass is 806 g/mol. The van der Waals surface area contributed by atoms with Crippen molar-refractivity contribution < 1.29 is 46.8 Å². The third kappa shape index (κ3) is 7.51. The van der Waals surface area contributed by atoms with Crippen molar-refractivity contribution >= 4 is 55.3 Å². The second kappa shape index (κ2) is 14.8. The van der Waals surface area contributed by atoms with Crippen molar-refractivity contribution in [2.24, 2.45) is 0 Å². The van der Waals surface area contributed by atoms with E-state index in [2.05, 4.69) is 21.3 Å². The first-order valence-electron chi connectivity index (χ1n) is 19.0. The SMILES string of the molecule is CC(C)(C)OC(=O)Nc1sc2ccc(F)c(-c3c4c(c5c(N6C7CCC6CN(C(=O)OC(C)(C)C)C7)nc(OC[C@H]6COCCO6)nc5c3F)COC4)c2c1C#N. The number of carbonyl (C=O) groups is 2. The molecule has 302 valence electrons. The van der Waals surface area contributed by atoms with Gasteiger partial charge in [-0.2, -0.15) is 15.2 Å². The molecule has 6 heterocycles. The lowest BCUT2D eigenvalue weighted by Gasteiger charge is -2.42. The molecule has 3 atom stereocenters. The Bertz CT molecular complexity index is 2300. The Morgan fingerprint density at radius 3 is 2.35 bits per heavy atom. The Balaban J connectivity index is 1.28. The molecule has 0 radical (unpaired) electrons. The number of anilines is 2. The number of halogens is 2. The molecule has 8 rings (SSSR count). The molecular weight excluding hydrogens is 763 g/mol. The molecule has 4 aliphatic rings. The van der Waals surface area contributed by atoms with Crippen molar-refractivity contribution in [3.8, 4) is 23.2 Å². The zero-order chi connectivity index (χ0) is 40.4. The highest BCUT2D eigenvalue weighted by Crippen LogP contribution is 2.49. The van der Waals surface area contributed by atoms with Crippen LogP contribution in [0.2, 0.25) is 0 Å². The summed E-state index contributed by atoms with van der Waals surface area (Å²) in [6, 6.07) is 4.35. The Morgan fingerprint density at radius 2 is 1.68 bits per heavy atom. The number of ether oxygens (including phenoxy) is 6. The summed E-state index contributed by atoms with van der Waals surface area (Å²) >= 11 is 1.05. The van der Waals surface area contributed by atoms with Crippen LogP contribution in [0.1, 0.15) is 71.1 Å². The number of benzene rings is 2. The number of fused-ring (bicyclic) bond motifs is 6. The van der Waals surface area contributed by atoms with Gasteiger partial charge in [0.2, 0.25) is 0 Å². The van der Waals surface area contributed by atoms with Crippen LogP contribution >= 0.6 is 11.3 Å². The van der Waals surface area contributed by atoms with Gasteiger partial charge in [-0.25, -0.2) is 18.4 Å². The van der Waals surface area contributed by atoms with Gasteiger partial charge in [-0.05, 0) is 77.6 Å². The van der Waals surface area contributed by atoms with Crippen molar-refractivity contribution in [3.05, 3.63) is 40.5 Å². The molecule has 2 amide bonds. The molecular formula is C40H44F2N6O8S. The van der Waals surface area contributed by atoms with Gasteiger partial charge in [-0.3, -0.25) is 5.32 Å². The molecule has 4 aromatic rings. The standard InChI is InChI=1S/C40H44F2N6O8S/c1-39(2,3)55-37(49)46-35-23(13-43)28-27(57-35)10-9-26(41)31(28)29-24-18-52-19-25(24)30-33(32(29)42)44-36(54-17-22-16-51-11-12-53-22)45-34(30)48-20-7-8-21(48)15-47(14-20)38(50)56-40(4,5)6/h9-10,20-22H,7-8,11-12,14-19H2,1-6H3,(H,46,49)/t20?,21?,22-/m1/s1. The summed E-state index contributed by atoms with van der Waals surface area (Å²) in [4.78, 5) is 39.4. The van der Waals surface area contributed by atoms with E-state index < -0.39 is 41.1 Å². The van der Waals surface area contributed by atoms with Crippen LogP contribution in [0.15, 0.2) is 12.1 Å². The van der Waals surface area contributed by atoms with E-state index in [0.29, 0.717) is 59.9 Å². The normalized spacial score (nSPS) is 20.8. The fourth-order valence-electron chi connectivity index (χ4n) is 8.03. The van der Waals surface area contributed by atoms with E-state index in [1.165, 1.54) is 12.1 Å². The van der Waals surface area contributed by atoms with E-state index in [4.69, 9.17) is 33.4 Å². The number of nitrogens with zero attached hydrogens (tertiary/aromatic N) is 5. The van der Waals surface area contributed by atoms with Gasteiger partial charge in [0, 0.05) is 46.4 Å². The molecule has 17 heteroatoms. The highest BCUT2D eigenvalue weighted by Gasteiger charge is 2.45. The van der Waals surface area contributed by atoms with E-state index in [1.54, 1.807) is 25.7 Å². The van der Waals surface area contributed by atoms with Crippen LogP contribution in [0.3, 0.4) is 0 Å². The van der Waals surface area contributed by atoms with E-state index in [-0.39, 0.29) is 70.5 Å². The molecule has 0 spiro atoms. The van der Waals surface area contributed by atoms with Crippen molar-refractivity contribution in [2.45, 2.75) is 97.0 Å². The number of rotatable bonds is 6. The molecule has 0 aliphatic carbocycles. The zero-order valence-corrected chi connectivity index (χ0v) is 33.4. The average Bonchev–Trinajstić information content (AvgIpc) is 3.83. The Hall–Kier alpha value is -4.89. The summed E-state index contributed by atoms with van der Waals surface area (Å²) in [6.07, 6.45) is -0.0926. The topological polar surface area (TPSA) is 158 Å². The van der Waals surface area contributed by atoms with Gasteiger partial charge in [0.05, 0.1) is 44.0 Å².